The lowest BCUT2D eigenvalue weighted by atomic mass is 9.44. The molecular weight excluding hydrogens is 356 g/mol. The minimum atomic E-state index is -0.612. The predicted octanol–water partition coefficient (Wildman–Crippen LogP) is 2.90. The molecule has 4 saturated carbocycles. The summed E-state index contributed by atoms with van der Waals surface area (Å²) in [5.74, 6) is 1.73. The van der Waals surface area contributed by atoms with E-state index in [-0.39, 0.29) is 28.8 Å². The molecule has 0 aromatic rings. The molecule has 160 valence electrons. The van der Waals surface area contributed by atoms with Crippen LogP contribution < -0.4 is 0 Å². The van der Waals surface area contributed by atoms with Gasteiger partial charge in [0.15, 0.2) is 0 Å². The van der Waals surface area contributed by atoms with Gasteiger partial charge < -0.3 is 20.1 Å². The van der Waals surface area contributed by atoms with Gasteiger partial charge in [0.2, 0.25) is 0 Å². The standard InChI is InChI=1S/C23H38O5/c1-12(28-13(2)24)21-19(26)10-17-15-6-5-14-9-18(25)20(27)11-23(14,4)16(15)7-8-22(17,21)3/h12,14-21,25-27H,5-11H2,1-4H3/t12-,14+,15-,16+,17+,18+,19+,20-,21+,22+,23+/m1/s1. The van der Waals surface area contributed by atoms with Gasteiger partial charge in [-0.1, -0.05) is 13.8 Å². The van der Waals surface area contributed by atoms with Gasteiger partial charge >= 0.3 is 5.97 Å². The third-order valence-electron chi connectivity index (χ3n) is 9.65. The number of esters is 1. The number of aliphatic hydroxyl groups excluding tert-OH is 3. The Morgan fingerprint density at radius 1 is 0.964 bits per heavy atom. The van der Waals surface area contributed by atoms with Crippen molar-refractivity contribution in [2.45, 2.75) is 97.1 Å². The Morgan fingerprint density at radius 3 is 2.36 bits per heavy atom. The summed E-state index contributed by atoms with van der Waals surface area (Å²) in [4.78, 5) is 11.5. The molecule has 0 heterocycles. The first kappa shape index (κ1) is 20.6. The Bertz CT molecular complexity index is 622. The minimum absolute atomic E-state index is 0.00773. The van der Waals surface area contributed by atoms with Crippen molar-refractivity contribution in [3.8, 4) is 0 Å². The highest BCUT2D eigenvalue weighted by Gasteiger charge is 2.63. The van der Waals surface area contributed by atoms with E-state index < -0.39 is 18.3 Å². The summed E-state index contributed by atoms with van der Waals surface area (Å²) in [6.45, 7) is 8.03. The van der Waals surface area contributed by atoms with E-state index in [1.165, 1.54) is 6.92 Å². The van der Waals surface area contributed by atoms with E-state index in [9.17, 15) is 20.1 Å². The van der Waals surface area contributed by atoms with Crippen molar-refractivity contribution in [1.29, 1.82) is 0 Å². The number of ether oxygens (including phenoxy) is 1. The predicted molar refractivity (Wildman–Crippen MR) is 105 cm³/mol. The molecule has 5 heteroatoms. The van der Waals surface area contributed by atoms with Crippen molar-refractivity contribution in [2.75, 3.05) is 0 Å². The molecule has 0 aliphatic heterocycles. The smallest absolute Gasteiger partial charge is 0.302 e. The van der Waals surface area contributed by atoms with Gasteiger partial charge in [-0.25, -0.2) is 0 Å². The number of aliphatic hydroxyl groups is 3. The van der Waals surface area contributed by atoms with Crippen LogP contribution in [0.15, 0.2) is 0 Å². The molecule has 4 fully saturated rings. The SMILES string of the molecule is CC(=O)O[C@H](C)[C@H]1[C@@H](O)C[C@H]2[C@@H]3CC[C@H]4C[C@H](O)[C@H](O)C[C@]4(C)[C@H]3CC[C@]12C. The first-order valence-corrected chi connectivity index (χ1v) is 11.3. The van der Waals surface area contributed by atoms with Gasteiger partial charge in [0, 0.05) is 12.8 Å². The molecule has 0 amide bonds. The fourth-order valence-corrected chi connectivity index (χ4v) is 8.51. The van der Waals surface area contributed by atoms with E-state index in [1.54, 1.807) is 0 Å². The Morgan fingerprint density at radius 2 is 1.68 bits per heavy atom. The van der Waals surface area contributed by atoms with Crippen LogP contribution in [0, 0.1) is 40.4 Å². The number of carbonyl (C=O) groups is 1. The van der Waals surface area contributed by atoms with Gasteiger partial charge in [-0.15, -0.1) is 0 Å². The Labute approximate surface area is 168 Å². The number of hydrogen-bond acceptors (Lipinski definition) is 5. The lowest BCUT2D eigenvalue weighted by Gasteiger charge is -2.61. The van der Waals surface area contributed by atoms with E-state index >= 15 is 0 Å². The van der Waals surface area contributed by atoms with Crippen LogP contribution in [0.1, 0.15) is 72.6 Å². The number of hydrogen-bond donors (Lipinski definition) is 3. The van der Waals surface area contributed by atoms with Gasteiger partial charge in [-0.2, -0.15) is 0 Å². The maximum Gasteiger partial charge on any atom is 0.302 e. The second kappa shape index (κ2) is 6.95. The Balaban J connectivity index is 1.60. The van der Waals surface area contributed by atoms with Crippen LogP contribution in [0.2, 0.25) is 0 Å². The first-order chi connectivity index (χ1) is 13.1. The average molecular weight is 395 g/mol. The largest absolute Gasteiger partial charge is 0.462 e. The van der Waals surface area contributed by atoms with Crippen LogP contribution >= 0.6 is 0 Å². The van der Waals surface area contributed by atoms with E-state index in [2.05, 4.69) is 13.8 Å². The molecule has 5 nitrogen and oxygen atoms in total. The van der Waals surface area contributed by atoms with Crippen LogP contribution in [0.25, 0.3) is 0 Å². The molecule has 0 bridgehead atoms. The molecule has 0 unspecified atom stereocenters. The Hall–Kier alpha value is -0.650. The molecule has 11 atom stereocenters. The highest BCUT2D eigenvalue weighted by molar-refractivity contribution is 5.66. The molecule has 0 aromatic carbocycles. The molecule has 0 saturated heterocycles. The summed E-state index contributed by atoms with van der Waals surface area (Å²) in [6.07, 6.45) is 4.71. The van der Waals surface area contributed by atoms with Crippen molar-refractivity contribution < 1.29 is 24.9 Å². The van der Waals surface area contributed by atoms with E-state index in [0.717, 1.165) is 38.5 Å². The lowest BCUT2D eigenvalue weighted by Crippen LogP contribution is -2.57. The topological polar surface area (TPSA) is 87.0 Å². The van der Waals surface area contributed by atoms with Crippen LogP contribution in [-0.2, 0) is 9.53 Å². The van der Waals surface area contributed by atoms with E-state index in [4.69, 9.17) is 4.74 Å². The highest BCUT2D eigenvalue weighted by atomic mass is 16.5. The molecule has 0 spiro atoms. The maximum atomic E-state index is 11.5. The zero-order valence-corrected chi connectivity index (χ0v) is 17.8. The molecule has 4 aliphatic rings. The summed E-state index contributed by atoms with van der Waals surface area (Å²) in [5.41, 5.74) is 0.0683. The molecule has 4 aliphatic carbocycles. The van der Waals surface area contributed by atoms with Crippen molar-refractivity contribution in [1.82, 2.24) is 0 Å². The van der Waals surface area contributed by atoms with Crippen molar-refractivity contribution in [2.24, 2.45) is 40.4 Å². The summed E-state index contributed by atoms with van der Waals surface area (Å²) in [7, 11) is 0. The minimum Gasteiger partial charge on any atom is -0.462 e. The zero-order chi connectivity index (χ0) is 20.4. The fourth-order valence-electron chi connectivity index (χ4n) is 8.51. The van der Waals surface area contributed by atoms with Gasteiger partial charge in [0.1, 0.15) is 6.10 Å². The molecule has 0 aromatic heterocycles. The summed E-state index contributed by atoms with van der Waals surface area (Å²) in [5, 5.41) is 31.6. The van der Waals surface area contributed by atoms with Gasteiger partial charge in [-0.05, 0) is 86.4 Å². The zero-order valence-electron chi connectivity index (χ0n) is 17.8. The van der Waals surface area contributed by atoms with Crippen LogP contribution in [0.3, 0.4) is 0 Å². The lowest BCUT2D eigenvalue weighted by molar-refractivity contribution is -0.168. The van der Waals surface area contributed by atoms with Crippen LogP contribution in [0.4, 0.5) is 0 Å². The van der Waals surface area contributed by atoms with Crippen molar-refractivity contribution in [3.63, 3.8) is 0 Å². The van der Waals surface area contributed by atoms with Crippen molar-refractivity contribution in [3.05, 3.63) is 0 Å². The van der Waals surface area contributed by atoms with Crippen LogP contribution in [0.5, 0.6) is 0 Å². The van der Waals surface area contributed by atoms with E-state index in [1.807, 2.05) is 6.92 Å². The quantitative estimate of drug-likeness (QED) is 0.627. The third-order valence-corrected chi connectivity index (χ3v) is 9.65. The Kier molecular flexibility index (Phi) is 5.12. The van der Waals surface area contributed by atoms with Gasteiger partial charge in [0.25, 0.3) is 0 Å². The second-order valence-electron chi connectivity index (χ2n) is 10.9. The van der Waals surface area contributed by atoms with Gasteiger partial charge in [-0.3, -0.25) is 4.79 Å². The molecule has 28 heavy (non-hydrogen) atoms. The number of rotatable bonds is 2. The van der Waals surface area contributed by atoms with E-state index in [0.29, 0.717) is 30.1 Å². The fraction of sp³-hybridized carbons (Fsp3) is 0.957. The monoisotopic (exact) mass is 394 g/mol. The number of carbonyl (C=O) groups excluding carboxylic acids is 1. The summed E-state index contributed by atoms with van der Waals surface area (Å²) in [6, 6.07) is 0. The summed E-state index contributed by atoms with van der Waals surface area (Å²) < 4.78 is 5.53. The first-order valence-electron chi connectivity index (χ1n) is 11.3. The second-order valence-corrected chi connectivity index (χ2v) is 10.9. The number of fused-ring (bicyclic) bond motifs is 5. The molecule has 4 rings (SSSR count). The van der Waals surface area contributed by atoms with Crippen LogP contribution in [-0.4, -0.2) is 45.7 Å². The normalized spacial score (nSPS) is 54.2. The van der Waals surface area contributed by atoms with Gasteiger partial charge in [0.05, 0.1) is 18.3 Å². The maximum absolute atomic E-state index is 11.5. The summed E-state index contributed by atoms with van der Waals surface area (Å²) >= 11 is 0. The third kappa shape index (κ3) is 2.95. The average Bonchev–Trinajstić information content (AvgIpc) is 2.86. The molecular formula is C23H38O5. The molecule has 3 N–H and O–H groups in total. The van der Waals surface area contributed by atoms with Crippen molar-refractivity contribution >= 4 is 5.97 Å². The molecule has 0 radical (unpaired) electrons. The highest BCUT2D eigenvalue weighted by Crippen LogP contribution is 2.67.